The summed E-state index contributed by atoms with van der Waals surface area (Å²) < 4.78 is 50.5. The maximum absolute atomic E-state index is 11.9. The van der Waals surface area contributed by atoms with Gasteiger partial charge in [0.1, 0.15) is 11.9 Å². The lowest BCUT2D eigenvalue weighted by Gasteiger charge is -2.25. The first-order chi connectivity index (χ1) is 11.1. The maximum Gasteiger partial charge on any atom is 0.264 e. The minimum Gasteiger partial charge on any atom is -0.355 e. The number of rotatable bonds is 9. The van der Waals surface area contributed by atoms with Crippen molar-refractivity contribution in [1.82, 2.24) is 9.80 Å². The van der Waals surface area contributed by atoms with Gasteiger partial charge in [-0.15, -0.1) is 0 Å². The summed E-state index contributed by atoms with van der Waals surface area (Å²) in [7, 11) is -7.14. The summed E-state index contributed by atoms with van der Waals surface area (Å²) in [6.45, 7) is 2.27. The molecule has 0 atom stereocenters. The molecule has 11 heteroatoms. The van der Waals surface area contributed by atoms with Gasteiger partial charge in [0, 0.05) is 37.8 Å². The zero-order valence-electron chi connectivity index (χ0n) is 13.7. The highest BCUT2D eigenvalue weighted by atomic mass is 79.9. The standard InChI is InChI=1S/C13H22BrN3O5S2/c1-23(18,19)12(11-15)13-16(6-3-5-14)8-9-17(13)7-4-10-22-24(2,20)21/h3-10H2,1-2H3. The lowest BCUT2D eigenvalue weighted by molar-refractivity contribution is 0.275. The topological polar surface area (TPSA) is 108 Å². The lowest BCUT2D eigenvalue weighted by Crippen LogP contribution is -2.29. The quantitative estimate of drug-likeness (QED) is 0.219. The fraction of sp³-hybridized carbons (Fsp3) is 0.769. The van der Waals surface area contributed by atoms with Crippen LogP contribution in [-0.2, 0) is 24.1 Å². The van der Waals surface area contributed by atoms with Gasteiger partial charge in [0.2, 0.25) is 0 Å². The van der Waals surface area contributed by atoms with Gasteiger partial charge >= 0.3 is 0 Å². The lowest BCUT2D eigenvalue weighted by atomic mass is 10.4. The maximum atomic E-state index is 11.9. The first kappa shape index (κ1) is 21.2. The minimum absolute atomic E-state index is 0.0186. The van der Waals surface area contributed by atoms with Crippen molar-refractivity contribution in [3.05, 3.63) is 10.7 Å². The van der Waals surface area contributed by atoms with E-state index >= 15 is 0 Å². The Morgan fingerprint density at radius 1 is 1.17 bits per heavy atom. The van der Waals surface area contributed by atoms with Crippen LogP contribution in [0.15, 0.2) is 10.7 Å². The Bertz CT molecular complexity index is 712. The normalized spacial score (nSPS) is 17.9. The van der Waals surface area contributed by atoms with Gasteiger partial charge in [-0.2, -0.15) is 13.7 Å². The van der Waals surface area contributed by atoms with Gasteiger partial charge in [-0.1, -0.05) is 15.9 Å². The number of nitrogens with zero attached hydrogens (tertiary/aromatic N) is 3. The highest BCUT2D eigenvalue weighted by Gasteiger charge is 2.31. The Morgan fingerprint density at radius 3 is 2.12 bits per heavy atom. The van der Waals surface area contributed by atoms with Crippen LogP contribution < -0.4 is 0 Å². The van der Waals surface area contributed by atoms with E-state index in [-0.39, 0.29) is 11.5 Å². The predicted octanol–water partition coefficient (Wildman–Crippen LogP) is 0.493. The molecule has 0 aromatic carbocycles. The van der Waals surface area contributed by atoms with Crippen LogP contribution in [0.4, 0.5) is 0 Å². The summed E-state index contributed by atoms with van der Waals surface area (Å²) >= 11 is 3.34. The van der Waals surface area contributed by atoms with Crippen LogP contribution in [0.25, 0.3) is 0 Å². The van der Waals surface area contributed by atoms with E-state index in [1.165, 1.54) is 0 Å². The molecule has 0 bridgehead atoms. The number of alkyl halides is 1. The fourth-order valence-electron chi connectivity index (χ4n) is 2.39. The molecular weight excluding hydrogens is 422 g/mol. The van der Waals surface area contributed by atoms with E-state index in [1.807, 2.05) is 4.90 Å². The molecule has 8 nitrogen and oxygen atoms in total. The van der Waals surface area contributed by atoms with Crippen LogP contribution in [0.1, 0.15) is 12.8 Å². The van der Waals surface area contributed by atoms with Crippen molar-refractivity contribution in [3.8, 4) is 6.07 Å². The molecule has 138 valence electrons. The van der Waals surface area contributed by atoms with E-state index in [2.05, 4.69) is 15.9 Å². The average Bonchev–Trinajstić information content (AvgIpc) is 2.83. The van der Waals surface area contributed by atoms with Gasteiger partial charge < -0.3 is 9.80 Å². The monoisotopic (exact) mass is 443 g/mol. The Balaban J connectivity index is 2.94. The summed E-state index contributed by atoms with van der Waals surface area (Å²) in [4.78, 5) is 3.44. The smallest absolute Gasteiger partial charge is 0.264 e. The largest absolute Gasteiger partial charge is 0.355 e. The molecular formula is C13H22BrN3O5S2. The summed E-state index contributed by atoms with van der Waals surface area (Å²) in [5.41, 5.74) is 0. The van der Waals surface area contributed by atoms with E-state index in [9.17, 15) is 22.1 Å². The number of hydrogen-bond donors (Lipinski definition) is 0. The molecule has 1 saturated heterocycles. The van der Waals surface area contributed by atoms with Crippen molar-refractivity contribution < 1.29 is 21.0 Å². The molecule has 0 aliphatic carbocycles. The molecule has 0 aromatic heterocycles. The van der Waals surface area contributed by atoms with E-state index < -0.39 is 20.0 Å². The Hall–Kier alpha value is -0.830. The molecule has 0 unspecified atom stereocenters. The molecule has 0 amide bonds. The zero-order chi connectivity index (χ0) is 18.4. The van der Waals surface area contributed by atoms with Crippen LogP contribution in [-0.4, -0.2) is 77.3 Å². The fourth-order valence-corrected chi connectivity index (χ4v) is 3.82. The molecule has 0 radical (unpaired) electrons. The molecule has 0 N–H and O–H groups in total. The van der Waals surface area contributed by atoms with Crippen molar-refractivity contribution in [1.29, 1.82) is 5.26 Å². The molecule has 1 fully saturated rings. The van der Waals surface area contributed by atoms with Gasteiger partial charge in [0.15, 0.2) is 14.7 Å². The first-order valence-corrected chi connectivity index (χ1v) is 12.2. The Labute approximate surface area is 152 Å². The third-order valence-corrected chi connectivity index (χ3v) is 5.52. The number of halogens is 1. The Morgan fingerprint density at radius 2 is 1.71 bits per heavy atom. The number of hydrogen-bond acceptors (Lipinski definition) is 8. The van der Waals surface area contributed by atoms with E-state index in [0.29, 0.717) is 38.4 Å². The highest BCUT2D eigenvalue weighted by Crippen LogP contribution is 2.25. The van der Waals surface area contributed by atoms with Crippen LogP contribution in [0, 0.1) is 11.3 Å². The van der Waals surface area contributed by atoms with Gasteiger partial charge in [-0.25, -0.2) is 8.42 Å². The molecule has 0 aromatic rings. The highest BCUT2D eigenvalue weighted by molar-refractivity contribution is 9.09. The van der Waals surface area contributed by atoms with Gasteiger partial charge in [0.25, 0.3) is 10.1 Å². The molecule has 0 spiro atoms. The number of nitriles is 1. The van der Waals surface area contributed by atoms with E-state index in [1.54, 1.807) is 11.0 Å². The van der Waals surface area contributed by atoms with Gasteiger partial charge in [0.05, 0.1) is 12.9 Å². The third-order valence-electron chi connectivity index (χ3n) is 3.35. The molecule has 0 saturated carbocycles. The van der Waals surface area contributed by atoms with Gasteiger partial charge in [-0.05, 0) is 12.8 Å². The number of allylic oxidation sites excluding steroid dienone is 1. The second-order valence-corrected chi connectivity index (χ2v) is 9.82. The van der Waals surface area contributed by atoms with Crippen molar-refractivity contribution in [3.63, 3.8) is 0 Å². The summed E-state index contributed by atoms with van der Waals surface area (Å²) in [5, 5.41) is 10.1. The predicted molar refractivity (Wildman–Crippen MR) is 94.5 cm³/mol. The molecule has 1 heterocycles. The number of sulfone groups is 1. The molecule has 24 heavy (non-hydrogen) atoms. The van der Waals surface area contributed by atoms with Gasteiger partial charge in [-0.3, -0.25) is 4.18 Å². The molecule has 1 rings (SSSR count). The summed E-state index contributed by atoms with van der Waals surface area (Å²) in [6, 6.07) is 1.80. The van der Waals surface area contributed by atoms with Crippen molar-refractivity contribution in [2.75, 3.05) is 50.6 Å². The minimum atomic E-state index is -3.65. The average molecular weight is 444 g/mol. The van der Waals surface area contributed by atoms with E-state index in [4.69, 9.17) is 4.18 Å². The van der Waals surface area contributed by atoms with Crippen LogP contribution in [0.3, 0.4) is 0 Å². The van der Waals surface area contributed by atoms with Crippen molar-refractivity contribution >= 4 is 35.9 Å². The zero-order valence-corrected chi connectivity index (χ0v) is 17.0. The third kappa shape index (κ3) is 6.58. The van der Waals surface area contributed by atoms with Crippen molar-refractivity contribution in [2.24, 2.45) is 0 Å². The second-order valence-electron chi connectivity index (χ2n) is 5.43. The summed E-state index contributed by atoms with van der Waals surface area (Å²) in [5.74, 6) is 0.403. The molecule has 1 aliphatic heterocycles. The van der Waals surface area contributed by atoms with Crippen LogP contribution in [0.5, 0.6) is 0 Å². The SMILES string of the molecule is CS(=O)(=O)OCCCN1CCN(CCCBr)C1=C(C#N)S(C)(=O)=O. The van der Waals surface area contributed by atoms with Crippen LogP contribution >= 0.6 is 15.9 Å². The molecule has 1 aliphatic rings. The second kappa shape index (κ2) is 9.03. The summed E-state index contributed by atoms with van der Waals surface area (Å²) in [6.07, 6.45) is 3.22. The van der Waals surface area contributed by atoms with Crippen molar-refractivity contribution in [2.45, 2.75) is 12.8 Å². The van der Waals surface area contributed by atoms with Crippen LogP contribution in [0.2, 0.25) is 0 Å². The first-order valence-electron chi connectivity index (χ1n) is 7.35. The van der Waals surface area contributed by atoms with E-state index in [0.717, 1.165) is 24.3 Å². The Kier molecular flexibility index (Phi) is 7.98.